The molecule has 0 radical (unpaired) electrons. The number of hydrogen-bond donors (Lipinski definition) is 1. The summed E-state index contributed by atoms with van der Waals surface area (Å²) in [5, 5.41) is 2.82. The number of hydrogen-bond acceptors (Lipinski definition) is 6. The smallest absolute Gasteiger partial charge is 0.324 e. The number of urea groups is 1. The fourth-order valence-electron chi connectivity index (χ4n) is 4.94. The molecular formula is C26H38ClN3O5S. The number of amides is 3. The number of carbonyl (C=O) groups excluding carboxylic acids is 2. The van der Waals surface area contributed by atoms with Crippen LogP contribution in [0.1, 0.15) is 62.8 Å². The lowest BCUT2D eigenvalue weighted by molar-refractivity contribution is -0.118. The van der Waals surface area contributed by atoms with Gasteiger partial charge in [0.15, 0.2) is 9.84 Å². The van der Waals surface area contributed by atoms with Crippen molar-refractivity contribution >= 4 is 33.4 Å². The first-order valence-electron chi connectivity index (χ1n) is 13.2. The molecule has 1 atom stereocenters. The van der Waals surface area contributed by atoms with Gasteiger partial charge in [0.05, 0.1) is 23.1 Å². The number of ether oxygens (including phenoxy) is 1. The molecule has 1 N–H and O–H groups in total. The number of sulfone groups is 1. The molecule has 8 nitrogen and oxygen atoms in total. The highest BCUT2D eigenvalue weighted by molar-refractivity contribution is 7.91. The molecule has 2 aliphatic heterocycles. The molecule has 2 heterocycles. The standard InChI is InChI=1S/C26H38ClN3O5S/c27-23-10-9-21(15-24(23)35-18-20-7-8-20)22(16-29-11-3-1-4-12-29)19-36(33,34)14-6-2-5-13-30-17-25(31)28-26(30)32/h9-10,15,20,22H,1-8,11-14,16-19H2,(H,28,31,32)/t22-/m0/s1. The van der Waals surface area contributed by atoms with Crippen molar-refractivity contribution in [3.63, 3.8) is 0 Å². The van der Waals surface area contributed by atoms with Gasteiger partial charge in [-0.3, -0.25) is 10.1 Å². The molecule has 36 heavy (non-hydrogen) atoms. The molecule has 200 valence electrons. The lowest BCUT2D eigenvalue weighted by atomic mass is 9.99. The Balaban J connectivity index is 1.34. The number of halogens is 1. The summed E-state index contributed by atoms with van der Waals surface area (Å²) >= 11 is 6.39. The van der Waals surface area contributed by atoms with Gasteiger partial charge in [0, 0.05) is 19.0 Å². The van der Waals surface area contributed by atoms with Crippen LogP contribution in [-0.2, 0) is 14.6 Å². The van der Waals surface area contributed by atoms with E-state index in [2.05, 4.69) is 10.2 Å². The van der Waals surface area contributed by atoms with E-state index in [1.54, 1.807) is 0 Å². The van der Waals surface area contributed by atoms with Gasteiger partial charge in [-0.1, -0.05) is 30.5 Å². The molecule has 3 amide bonds. The quantitative estimate of drug-likeness (QED) is 0.285. The van der Waals surface area contributed by atoms with E-state index in [1.807, 2.05) is 18.2 Å². The number of nitrogens with one attached hydrogen (secondary N) is 1. The summed E-state index contributed by atoms with van der Waals surface area (Å²) in [5.74, 6) is 1.03. The molecule has 3 fully saturated rings. The minimum absolute atomic E-state index is 0.0861. The Hall–Kier alpha value is -1.84. The van der Waals surface area contributed by atoms with Crippen molar-refractivity contribution in [3.05, 3.63) is 28.8 Å². The molecule has 1 aromatic carbocycles. The van der Waals surface area contributed by atoms with Crippen LogP contribution in [0.5, 0.6) is 5.75 Å². The fourth-order valence-corrected chi connectivity index (χ4v) is 6.83. The van der Waals surface area contributed by atoms with Gasteiger partial charge in [0.2, 0.25) is 5.91 Å². The monoisotopic (exact) mass is 539 g/mol. The Morgan fingerprint density at radius 3 is 2.56 bits per heavy atom. The zero-order valence-electron chi connectivity index (χ0n) is 20.9. The van der Waals surface area contributed by atoms with Crippen molar-refractivity contribution in [2.45, 2.75) is 57.3 Å². The molecule has 1 aliphatic carbocycles. The molecule has 4 rings (SSSR count). The number of unbranched alkanes of at least 4 members (excludes halogenated alkanes) is 2. The number of piperidine rings is 1. The maximum Gasteiger partial charge on any atom is 0.324 e. The normalized spacial score (nSPS) is 20.0. The molecule has 0 spiro atoms. The van der Waals surface area contributed by atoms with E-state index in [-0.39, 0.29) is 35.9 Å². The number of nitrogens with zero attached hydrogens (tertiary/aromatic N) is 2. The second-order valence-electron chi connectivity index (χ2n) is 10.5. The number of imide groups is 1. The summed E-state index contributed by atoms with van der Waals surface area (Å²) in [6, 6.07) is 5.35. The Morgan fingerprint density at radius 2 is 1.86 bits per heavy atom. The summed E-state index contributed by atoms with van der Waals surface area (Å²) in [4.78, 5) is 26.8. The van der Waals surface area contributed by atoms with E-state index < -0.39 is 9.84 Å². The summed E-state index contributed by atoms with van der Waals surface area (Å²) in [6.07, 6.45) is 7.81. The third-order valence-electron chi connectivity index (χ3n) is 7.23. The van der Waals surface area contributed by atoms with E-state index in [0.29, 0.717) is 55.6 Å². The van der Waals surface area contributed by atoms with Crippen molar-refractivity contribution in [1.82, 2.24) is 15.1 Å². The average Bonchev–Trinajstić information content (AvgIpc) is 3.61. The van der Waals surface area contributed by atoms with Crippen molar-refractivity contribution < 1.29 is 22.7 Å². The van der Waals surface area contributed by atoms with Gasteiger partial charge < -0.3 is 14.5 Å². The molecule has 0 bridgehead atoms. The highest BCUT2D eigenvalue weighted by Crippen LogP contribution is 2.34. The molecule has 10 heteroatoms. The maximum atomic E-state index is 13.2. The zero-order chi connectivity index (χ0) is 25.5. The Bertz CT molecular complexity index is 1020. The highest BCUT2D eigenvalue weighted by Gasteiger charge is 2.27. The van der Waals surface area contributed by atoms with Gasteiger partial charge in [-0.05, 0) is 75.2 Å². The SMILES string of the molecule is O=C1CN(CCCCCS(=O)(=O)C[C@H](CN2CCCCC2)c2ccc(Cl)c(OCC3CC3)c2)C(=O)N1. The van der Waals surface area contributed by atoms with Crippen LogP contribution >= 0.6 is 11.6 Å². The second kappa shape index (κ2) is 12.6. The second-order valence-corrected chi connectivity index (χ2v) is 13.1. The van der Waals surface area contributed by atoms with Crippen LogP contribution in [0.3, 0.4) is 0 Å². The van der Waals surface area contributed by atoms with Crippen molar-refractivity contribution in [3.8, 4) is 5.75 Å². The van der Waals surface area contributed by atoms with Crippen LogP contribution < -0.4 is 10.1 Å². The number of likely N-dealkylation sites (tertiary alicyclic amines) is 1. The minimum Gasteiger partial charge on any atom is -0.492 e. The lowest BCUT2D eigenvalue weighted by Crippen LogP contribution is -2.35. The van der Waals surface area contributed by atoms with E-state index in [4.69, 9.17) is 16.3 Å². The van der Waals surface area contributed by atoms with Crippen molar-refractivity contribution in [2.24, 2.45) is 5.92 Å². The van der Waals surface area contributed by atoms with Crippen LogP contribution in [0.15, 0.2) is 18.2 Å². The van der Waals surface area contributed by atoms with E-state index in [1.165, 1.54) is 24.2 Å². The third-order valence-corrected chi connectivity index (χ3v) is 9.37. The largest absolute Gasteiger partial charge is 0.492 e. The lowest BCUT2D eigenvalue weighted by Gasteiger charge is -2.31. The molecule has 1 saturated carbocycles. The fraction of sp³-hybridized carbons (Fsp3) is 0.692. The van der Waals surface area contributed by atoms with Gasteiger partial charge >= 0.3 is 6.03 Å². The predicted octanol–water partition coefficient (Wildman–Crippen LogP) is 3.84. The number of rotatable bonds is 14. The maximum absolute atomic E-state index is 13.2. The summed E-state index contributed by atoms with van der Waals surface area (Å²) in [6.45, 7) is 3.92. The first kappa shape index (κ1) is 27.2. The minimum atomic E-state index is -3.28. The van der Waals surface area contributed by atoms with Crippen LogP contribution in [0.25, 0.3) is 0 Å². The van der Waals surface area contributed by atoms with Crippen LogP contribution in [0.4, 0.5) is 4.79 Å². The van der Waals surface area contributed by atoms with Crippen molar-refractivity contribution in [1.29, 1.82) is 0 Å². The third kappa shape index (κ3) is 8.35. The Kier molecular flexibility index (Phi) is 9.52. The van der Waals surface area contributed by atoms with Crippen LogP contribution in [0.2, 0.25) is 5.02 Å². The molecular weight excluding hydrogens is 502 g/mol. The van der Waals surface area contributed by atoms with E-state index >= 15 is 0 Å². The topological polar surface area (TPSA) is 96.0 Å². The number of carbonyl (C=O) groups is 2. The van der Waals surface area contributed by atoms with Gasteiger partial charge in [0.25, 0.3) is 0 Å². The molecule has 0 aromatic heterocycles. The Morgan fingerprint density at radius 1 is 1.08 bits per heavy atom. The average molecular weight is 540 g/mol. The van der Waals surface area contributed by atoms with Gasteiger partial charge in [-0.25, -0.2) is 13.2 Å². The predicted molar refractivity (Wildman–Crippen MR) is 140 cm³/mol. The summed E-state index contributed by atoms with van der Waals surface area (Å²) in [7, 11) is -3.28. The summed E-state index contributed by atoms with van der Waals surface area (Å²) in [5.41, 5.74) is 0.962. The van der Waals surface area contributed by atoms with E-state index in [0.717, 1.165) is 31.5 Å². The number of benzene rings is 1. The Labute approximate surface area is 219 Å². The first-order valence-corrected chi connectivity index (χ1v) is 15.4. The van der Waals surface area contributed by atoms with Gasteiger partial charge in [-0.2, -0.15) is 0 Å². The van der Waals surface area contributed by atoms with Crippen LogP contribution in [-0.4, -0.2) is 81.0 Å². The first-order chi connectivity index (χ1) is 17.3. The van der Waals surface area contributed by atoms with Gasteiger partial charge in [-0.15, -0.1) is 0 Å². The molecule has 1 aromatic rings. The van der Waals surface area contributed by atoms with Crippen LogP contribution in [0, 0.1) is 5.92 Å². The van der Waals surface area contributed by atoms with Crippen molar-refractivity contribution in [2.75, 3.05) is 50.8 Å². The van der Waals surface area contributed by atoms with Gasteiger partial charge in [0.1, 0.15) is 12.3 Å². The zero-order valence-corrected chi connectivity index (χ0v) is 22.5. The highest BCUT2D eigenvalue weighted by atomic mass is 35.5. The molecule has 3 aliphatic rings. The van der Waals surface area contributed by atoms with E-state index in [9.17, 15) is 18.0 Å². The summed E-state index contributed by atoms with van der Waals surface area (Å²) < 4.78 is 32.3. The molecule has 2 saturated heterocycles. The molecule has 0 unspecified atom stereocenters.